The first kappa shape index (κ1) is 16.8. The molecule has 1 amide bonds. The summed E-state index contributed by atoms with van der Waals surface area (Å²) >= 11 is 6.04. The number of anilines is 1. The summed E-state index contributed by atoms with van der Waals surface area (Å²) in [5, 5.41) is 2.99. The number of rotatable bonds is 4. The summed E-state index contributed by atoms with van der Waals surface area (Å²) in [7, 11) is 1.29. The van der Waals surface area contributed by atoms with Crippen molar-refractivity contribution in [3.05, 3.63) is 70.3 Å². The van der Waals surface area contributed by atoms with Gasteiger partial charge in [0.25, 0.3) is 0 Å². The number of amides is 1. The van der Waals surface area contributed by atoms with Crippen LogP contribution in [-0.2, 0) is 9.53 Å². The molecule has 4 nitrogen and oxygen atoms in total. The molecule has 2 aromatic carbocycles. The molecule has 0 unspecified atom stereocenters. The van der Waals surface area contributed by atoms with Crippen LogP contribution in [0.25, 0.3) is 6.08 Å². The van der Waals surface area contributed by atoms with Crippen LogP contribution in [0.1, 0.15) is 21.5 Å². The third kappa shape index (κ3) is 4.69. The molecule has 0 spiro atoms. The normalized spacial score (nSPS) is 10.6. The third-order valence-corrected chi connectivity index (χ3v) is 3.44. The summed E-state index contributed by atoms with van der Waals surface area (Å²) in [4.78, 5) is 23.5. The van der Waals surface area contributed by atoms with E-state index < -0.39 is 5.97 Å². The number of carbonyl (C=O) groups is 2. The monoisotopic (exact) mass is 329 g/mol. The first-order valence-corrected chi connectivity index (χ1v) is 7.31. The Morgan fingerprint density at radius 1 is 1.17 bits per heavy atom. The lowest BCUT2D eigenvalue weighted by Gasteiger charge is -2.07. The molecule has 0 aliphatic rings. The van der Waals surface area contributed by atoms with Gasteiger partial charge in [-0.1, -0.05) is 41.4 Å². The Morgan fingerprint density at radius 2 is 1.96 bits per heavy atom. The number of aryl methyl sites for hydroxylation is 1. The number of nitrogens with one attached hydrogen (secondary N) is 1. The third-order valence-electron chi connectivity index (χ3n) is 3.11. The van der Waals surface area contributed by atoms with Gasteiger partial charge in [-0.15, -0.1) is 0 Å². The van der Waals surface area contributed by atoms with E-state index in [9.17, 15) is 9.59 Å². The molecule has 0 saturated carbocycles. The number of benzene rings is 2. The molecular formula is C18H16ClNO3. The highest BCUT2D eigenvalue weighted by molar-refractivity contribution is 6.34. The highest BCUT2D eigenvalue weighted by atomic mass is 35.5. The number of methoxy groups -OCH3 is 1. The molecule has 0 aliphatic heterocycles. The Hall–Kier alpha value is -2.59. The first-order chi connectivity index (χ1) is 11.0. The van der Waals surface area contributed by atoms with Gasteiger partial charge >= 0.3 is 5.97 Å². The van der Waals surface area contributed by atoms with Crippen LogP contribution in [0.15, 0.2) is 48.5 Å². The molecule has 0 heterocycles. The van der Waals surface area contributed by atoms with Gasteiger partial charge in [0.2, 0.25) is 5.91 Å². The van der Waals surface area contributed by atoms with Crippen LogP contribution >= 0.6 is 11.6 Å². The van der Waals surface area contributed by atoms with E-state index in [1.807, 2.05) is 31.2 Å². The molecule has 0 aliphatic carbocycles. The second-order valence-electron chi connectivity index (χ2n) is 4.92. The number of hydrogen-bond donors (Lipinski definition) is 1. The number of ether oxygens (including phenoxy) is 1. The van der Waals surface area contributed by atoms with Crippen molar-refractivity contribution in [2.75, 3.05) is 12.4 Å². The summed E-state index contributed by atoms with van der Waals surface area (Å²) in [6, 6.07) is 12.3. The lowest BCUT2D eigenvalue weighted by molar-refractivity contribution is -0.111. The molecule has 118 valence electrons. The maximum Gasteiger partial charge on any atom is 0.337 e. The van der Waals surface area contributed by atoms with Gasteiger partial charge in [0.05, 0.1) is 23.4 Å². The largest absolute Gasteiger partial charge is 0.465 e. The van der Waals surface area contributed by atoms with E-state index in [-0.39, 0.29) is 5.91 Å². The van der Waals surface area contributed by atoms with E-state index in [0.717, 1.165) is 11.1 Å². The predicted octanol–water partition coefficient (Wildman–Crippen LogP) is 4.09. The molecule has 23 heavy (non-hydrogen) atoms. The van der Waals surface area contributed by atoms with E-state index in [1.165, 1.54) is 31.4 Å². The smallest absolute Gasteiger partial charge is 0.337 e. The van der Waals surface area contributed by atoms with Crippen molar-refractivity contribution in [1.29, 1.82) is 0 Å². The van der Waals surface area contributed by atoms with Crippen molar-refractivity contribution >= 4 is 35.2 Å². The van der Waals surface area contributed by atoms with E-state index in [4.69, 9.17) is 11.6 Å². The number of carbonyl (C=O) groups excluding carboxylic acids is 2. The van der Waals surface area contributed by atoms with Gasteiger partial charge < -0.3 is 10.1 Å². The molecule has 0 saturated heterocycles. The average molecular weight is 330 g/mol. The van der Waals surface area contributed by atoms with Crippen LogP contribution in [-0.4, -0.2) is 19.0 Å². The summed E-state index contributed by atoms with van der Waals surface area (Å²) in [6.07, 6.45) is 3.12. The lowest BCUT2D eigenvalue weighted by atomic mass is 10.1. The molecule has 2 rings (SSSR count). The fraction of sp³-hybridized carbons (Fsp3) is 0.111. The molecular weight excluding hydrogens is 314 g/mol. The predicted molar refractivity (Wildman–Crippen MR) is 91.6 cm³/mol. The quantitative estimate of drug-likeness (QED) is 0.679. The van der Waals surface area contributed by atoms with E-state index in [1.54, 1.807) is 6.08 Å². The second-order valence-corrected chi connectivity index (χ2v) is 5.33. The highest BCUT2D eigenvalue weighted by Crippen LogP contribution is 2.23. The summed E-state index contributed by atoms with van der Waals surface area (Å²) in [5.74, 6) is -0.831. The zero-order valence-corrected chi connectivity index (χ0v) is 13.6. The van der Waals surface area contributed by atoms with Crippen LogP contribution < -0.4 is 5.32 Å². The Morgan fingerprint density at radius 3 is 2.65 bits per heavy atom. The van der Waals surface area contributed by atoms with Crippen molar-refractivity contribution in [3.8, 4) is 0 Å². The Balaban J connectivity index is 2.12. The number of esters is 1. The molecule has 5 heteroatoms. The summed E-state index contributed by atoms with van der Waals surface area (Å²) in [5.41, 5.74) is 2.71. The van der Waals surface area contributed by atoms with Gasteiger partial charge in [0.1, 0.15) is 0 Å². The maximum absolute atomic E-state index is 12.0. The summed E-state index contributed by atoms with van der Waals surface area (Å²) < 4.78 is 4.64. The zero-order valence-electron chi connectivity index (χ0n) is 12.8. The minimum Gasteiger partial charge on any atom is -0.465 e. The minimum atomic E-state index is -0.493. The van der Waals surface area contributed by atoms with Crippen molar-refractivity contribution in [3.63, 3.8) is 0 Å². The van der Waals surface area contributed by atoms with Crippen LogP contribution in [0.2, 0.25) is 5.02 Å². The van der Waals surface area contributed by atoms with Gasteiger partial charge in [0.15, 0.2) is 0 Å². The molecule has 2 aromatic rings. The zero-order chi connectivity index (χ0) is 16.8. The maximum atomic E-state index is 12.0. The standard InChI is InChI=1S/C18H16ClNO3/c1-12-4-3-5-13(10-12)6-9-17(21)20-16-11-14(18(22)23-2)7-8-15(16)19/h3-11H,1-2H3,(H,20,21)/b9-6+. The SMILES string of the molecule is COC(=O)c1ccc(Cl)c(NC(=O)/C=C/c2cccc(C)c2)c1. The first-order valence-electron chi connectivity index (χ1n) is 6.93. The van der Waals surface area contributed by atoms with Gasteiger partial charge in [-0.25, -0.2) is 4.79 Å². The van der Waals surface area contributed by atoms with Gasteiger partial charge in [-0.2, -0.15) is 0 Å². The van der Waals surface area contributed by atoms with Crippen LogP contribution in [0.3, 0.4) is 0 Å². The lowest BCUT2D eigenvalue weighted by Crippen LogP contribution is -2.09. The molecule has 0 bridgehead atoms. The van der Waals surface area contributed by atoms with Crippen molar-refractivity contribution in [1.82, 2.24) is 0 Å². The van der Waals surface area contributed by atoms with E-state index >= 15 is 0 Å². The molecule has 0 aromatic heterocycles. The Bertz CT molecular complexity index is 769. The van der Waals surface area contributed by atoms with E-state index in [0.29, 0.717) is 16.3 Å². The minimum absolute atomic E-state index is 0.315. The van der Waals surface area contributed by atoms with Crippen molar-refractivity contribution in [2.45, 2.75) is 6.92 Å². The van der Waals surface area contributed by atoms with Gasteiger partial charge in [0, 0.05) is 6.08 Å². The van der Waals surface area contributed by atoms with Gasteiger partial charge in [-0.3, -0.25) is 4.79 Å². The average Bonchev–Trinajstić information content (AvgIpc) is 2.54. The highest BCUT2D eigenvalue weighted by Gasteiger charge is 2.10. The second kappa shape index (κ2) is 7.61. The topological polar surface area (TPSA) is 55.4 Å². The van der Waals surface area contributed by atoms with Crippen LogP contribution in [0, 0.1) is 6.92 Å². The van der Waals surface area contributed by atoms with E-state index in [2.05, 4.69) is 10.1 Å². The molecule has 0 fully saturated rings. The molecule has 1 N–H and O–H groups in total. The Kier molecular flexibility index (Phi) is 5.55. The molecule has 0 radical (unpaired) electrons. The van der Waals surface area contributed by atoms with Crippen LogP contribution in [0.5, 0.6) is 0 Å². The summed E-state index contributed by atoms with van der Waals surface area (Å²) in [6.45, 7) is 1.98. The number of hydrogen-bond acceptors (Lipinski definition) is 3. The molecule has 0 atom stereocenters. The van der Waals surface area contributed by atoms with Crippen LogP contribution in [0.4, 0.5) is 5.69 Å². The Labute approximate surface area is 139 Å². The van der Waals surface area contributed by atoms with Gasteiger partial charge in [-0.05, 0) is 36.8 Å². The van der Waals surface area contributed by atoms with Crippen molar-refractivity contribution in [2.24, 2.45) is 0 Å². The van der Waals surface area contributed by atoms with Crippen molar-refractivity contribution < 1.29 is 14.3 Å². The number of halogens is 1. The fourth-order valence-electron chi connectivity index (χ4n) is 1.99. The fourth-order valence-corrected chi connectivity index (χ4v) is 2.15.